The van der Waals surface area contributed by atoms with E-state index in [0.717, 1.165) is 55.7 Å². The first-order valence-electron chi connectivity index (χ1n) is 18.1. The molecule has 3 heterocycles. The van der Waals surface area contributed by atoms with Crippen LogP contribution in [0.15, 0.2) is 195 Å². The smallest absolute Gasteiger partial charge is 0.161 e. The molecule has 54 heavy (non-hydrogen) atoms. The third-order valence-electron chi connectivity index (χ3n) is 10.3. The summed E-state index contributed by atoms with van der Waals surface area (Å²) in [4.78, 5) is 19.2. The van der Waals surface area contributed by atoms with Crippen LogP contribution in [0, 0.1) is 0 Å². The molecule has 0 bridgehead atoms. The molecular weight excluding hydrogens is 657 g/mol. The summed E-state index contributed by atoms with van der Waals surface area (Å²) in [7, 11) is 0. The summed E-state index contributed by atoms with van der Waals surface area (Å²) >= 11 is 0. The molecule has 4 nitrogen and oxygen atoms in total. The van der Waals surface area contributed by atoms with E-state index in [1.54, 1.807) is 6.20 Å². The lowest BCUT2D eigenvalue weighted by Gasteiger charge is -2.16. The van der Waals surface area contributed by atoms with E-state index < -0.39 is 0 Å². The van der Waals surface area contributed by atoms with E-state index in [1.165, 1.54) is 38.1 Å². The first kappa shape index (κ1) is 31.4. The minimum atomic E-state index is 0.686. The highest BCUT2D eigenvalue weighted by molar-refractivity contribution is 6.23. The predicted molar refractivity (Wildman–Crippen MR) is 223 cm³/mol. The van der Waals surface area contributed by atoms with E-state index in [4.69, 9.17) is 9.97 Å². The summed E-state index contributed by atoms with van der Waals surface area (Å²) in [6.45, 7) is 0. The molecule has 0 spiro atoms. The van der Waals surface area contributed by atoms with E-state index >= 15 is 0 Å². The minimum absolute atomic E-state index is 0.686. The number of rotatable bonds is 6. The second-order valence-corrected chi connectivity index (χ2v) is 13.5. The van der Waals surface area contributed by atoms with Gasteiger partial charge in [-0.2, -0.15) is 0 Å². The van der Waals surface area contributed by atoms with Crippen LogP contribution in [0.2, 0.25) is 0 Å². The van der Waals surface area contributed by atoms with Gasteiger partial charge < -0.3 is 0 Å². The lowest BCUT2D eigenvalue weighted by Crippen LogP contribution is -1.97. The van der Waals surface area contributed by atoms with Gasteiger partial charge in [0, 0.05) is 41.5 Å². The van der Waals surface area contributed by atoms with Gasteiger partial charge in [-0.05, 0) is 102 Å². The van der Waals surface area contributed by atoms with Crippen LogP contribution < -0.4 is 0 Å². The maximum Gasteiger partial charge on any atom is 0.161 e. The van der Waals surface area contributed by atoms with Gasteiger partial charge in [-0.3, -0.25) is 9.97 Å². The molecule has 0 saturated heterocycles. The van der Waals surface area contributed by atoms with Gasteiger partial charge in [-0.1, -0.05) is 133 Å². The number of pyridine rings is 2. The van der Waals surface area contributed by atoms with Crippen LogP contribution in [0.25, 0.3) is 99.6 Å². The Morgan fingerprint density at radius 3 is 1.35 bits per heavy atom. The number of hydrogen-bond acceptors (Lipinski definition) is 4. The number of benzene rings is 7. The zero-order valence-electron chi connectivity index (χ0n) is 29.3. The zero-order chi connectivity index (χ0) is 35.8. The molecule has 0 saturated carbocycles. The van der Waals surface area contributed by atoms with E-state index in [1.807, 2.05) is 36.8 Å². The van der Waals surface area contributed by atoms with E-state index in [9.17, 15) is 0 Å². The van der Waals surface area contributed by atoms with Crippen LogP contribution in [-0.4, -0.2) is 19.9 Å². The SMILES string of the molecule is c1ccc(-c2cc3c4ccccc4c(-c4nc(-c5ccc(-c6ccncc6)cc5)cc(-c5ccc(-c6cccnc6)cc5)n4)cc3c3ccccc23)cc1. The van der Waals surface area contributed by atoms with Crippen LogP contribution in [0.4, 0.5) is 0 Å². The van der Waals surface area contributed by atoms with Crippen molar-refractivity contribution in [3.8, 4) is 67.3 Å². The summed E-state index contributed by atoms with van der Waals surface area (Å²) in [6.07, 6.45) is 7.34. The van der Waals surface area contributed by atoms with Crippen molar-refractivity contribution in [1.29, 1.82) is 0 Å². The molecule has 3 aromatic heterocycles. The van der Waals surface area contributed by atoms with Crippen LogP contribution in [0.3, 0.4) is 0 Å². The van der Waals surface area contributed by atoms with Gasteiger partial charge in [-0.25, -0.2) is 9.97 Å². The van der Waals surface area contributed by atoms with Gasteiger partial charge in [0.2, 0.25) is 0 Å². The Kier molecular flexibility index (Phi) is 7.77. The third-order valence-corrected chi connectivity index (χ3v) is 10.3. The molecule has 0 amide bonds. The second-order valence-electron chi connectivity index (χ2n) is 13.5. The van der Waals surface area contributed by atoms with Gasteiger partial charge in [0.05, 0.1) is 11.4 Å². The molecule has 0 fully saturated rings. The minimum Gasteiger partial charge on any atom is -0.265 e. The maximum absolute atomic E-state index is 5.34. The molecule has 7 aromatic carbocycles. The predicted octanol–water partition coefficient (Wildman–Crippen LogP) is 12.7. The Labute approximate surface area is 313 Å². The molecule has 0 aliphatic heterocycles. The van der Waals surface area contributed by atoms with Crippen molar-refractivity contribution in [3.05, 3.63) is 195 Å². The molecule has 0 aliphatic rings. The van der Waals surface area contributed by atoms with Crippen molar-refractivity contribution >= 4 is 32.3 Å². The van der Waals surface area contributed by atoms with Gasteiger partial charge >= 0.3 is 0 Å². The molecule has 0 N–H and O–H groups in total. The molecule has 10 rings (SSSR count). The topological polar surface area (TPSA) is 51.6 Å². The molecule has 0 aliphatic carbocycles. The highest BCUT2D eigenvalue weighted by atomic mass is 14.9. The number of aromatic nitrogens is 4. The molecule has 0 radical (unpaired) electrons. The third kappa shape index (κ3) is 5.67. The summed E-state index contributed by atoms with van der Waals surface area (Å²) in [5.41, 5.74) is 11.6. The van der Waals surface area contributed by atoms with Crippen LogP contribution in [-0.2, 0) is 0 Å². The van der Waals surface area contributed by atoms with Crippen LogP contribution >= 0.6 is 0 Å². The fourth-order valence-corrected chi connectivity index (χ4v) is 7.60. The van der Waals surface area contributed by atoms with Crippen LogP contribution in [0.1, 0.15) is 0 Å². The van der Waals surface area contributed by atoms with Crippen LogP contribution in [0.5, 0.6) is 0 Å². The first-order valence-corrected chi connectivity index (χ1v) is 18.1. The summed E-state index contributed by atoms with van der Waals surface area (Å²) in [5.74, 6) is 0.686. The largest absolute Gasteiger partial charge is 0.265 e. The Bertz CT molecular complexity index is 2840. The fraction of sp³-hybridized carbons (Fsp3) is 0. The average Bonchev–Trinajstić information content (AvgIpc) is 3.26. The zero-order valence-corrected chi connectivity index (χ0v) is 29.3. The van der Waals surface area contributed by atoms with E-state index in [-0.39, 0.29) is 0 Å². The van der Waals surface area contributed by atoms with Crippen molar-refractivity contribution in [2.24, 2.45) is 0 Å². The van der Waals surface area contributed by atoms with Crippen molar-refractivity contribution in [3.63, 3.8) is 0 Å². The summed E-state index contributed by atoms with van der Waals surface area (Å²) < 4.78 is 0. The molecule has 0 unspecified atom stereocenters. The van der Waals surface area contributed by atoms with E-state index in [2.05, 4.69) is 162 Å². The van der Waals surface area contributed by atoms with Gasteiger partial charge in [-0.15, -0.1) is 0 Å². The van der Waals surface area contributed by atoms with Gasteiger partial charge in [0.1, 0.15) is 0 Å². The molecule has 252 valence electrons. The summed E-state index contributed by atoms with van der Waals surface area (Å²) in [6, 6.07) is 60.1. The lowest BCUT2D eigenvalue weighted by molar-refractivity contribution is 1.19. The van der Waals surface area contributed by atoms with Crippen molar-refractivity contribution in [2.75, 3.05) is 0 Å². The van der Waals surface area contributed by atoms with Gasteiger partial charge in [0.25, 0.3) is 0 Å². The highest BCUT2D eigenvalue weighted by Crippen LogP contribution is 2.42. The quantitative estimate of drug-likeness (QED) is 0.163. The normalized spacial score (nSPS) is 11.3. The Morgan fingerprint density at radius 1 is 0.278 bits per heavy atom. The van der Waals surface area contributed by atoms with Crippen molar-refractivity contribution < 1.29 is 0 Å². The number of fused-ring (bicyclic) bond motifs is 5. The monoisotopic (exact) mass is 688 g/mol. The highest BCUT2D eigenvalue weighted by Gasteiger charge is 2.18. The van der Waals surface area contributed by atoms with E-state index in [0.29, 0.717) is 5.82 Å². The average molecular weight is 689 g/mol. The second kappa shape index (κ2) is 13.4. The Hall–Kier alpha value is -7.30. The molecule has 4 heteroatoms. The number of nitrogens with zero attached hydrogens (tertiary/aromatic N) is 4. The van der Waals surface area contributed by atoms with Gasteiger partial charge in [0.15, 0.2) is 5.82 Å². The van der Waals surface area contributed by atoms with Crippen molar-refractivity contribution in [2.45, 2.75) is 0 Å². The number of hydrogen-bond donors (Lipinski definition) is 0. The molecular formula is C50H32N4. The standard InChI is InChI=1S/C50H32N4/c1-2-9-36(10-3-1)44-29-45-42-14-6-7-15-43(42)47(30-46(45)41-13-5-4-12-40(41)44)50-53-48(37-20-16-33(17-21-37)35-24-27-51-28-25-35)31-49(54-50)38-22-18-34(19-23-38)39-11-8-26-52-32-39/h1-32H. The molecule has 10 aromatic rings. The first-order chi connectivity index (χ1) is 26.8. The fourth-order valence-electron chi connectivity index (χ4n) is 7.60. The molecule has 0 atom stereocenters. The van der Waals surface area contributed by atoms with Crippen molar-refractivity contribution in [1.82, 2.24) is 19.9 Å². The maximum atomic E-state index is 5.34. The summed E-state index contributed by atoms with van der Waals surface area (Å²) in [5, 5.41) is 7.09. The Morgan fingerprint density at radius 2 is 0.759 bits per heavy atom. The Balaban J connectivity index is 1.19. The lowest BCUT2D eigenvalue weighted by atomic mass is 9.89.